The van der Waals surface area contributed by atoms with Crippen LogP contribution < -0.4 is 10.6 Å². The Hall–Kier alpha value is -0.610. The van der Waals surface area contributed by atoms with Crippen LogP contribution >= 0.6 is 0 Å². The van der Waals surface area contributed by atoms with Gasteiger partial charge in [-0.3, -0.25) is 4.79 Å². The molecule has 4 heteroatoms. The Morgan fingerprint density at radius 1 is 1.21 bits per heavy atom. The summed E-state index contributed by atoms with van der Waals surface area (Å²) in [5.41, 5.74) is -0.0106. The van der Waals surface area contributed by atoms with Crippen LogP contribution in [0.5, 0.6) is 0 Å². The highest BCUT2D eigenvalue weighted by atomic mass is 16.1. The Kier molecular flexibility index (Phi) is 9.02. The van der Waals surface area contributed by atoms with Gasteiger partial charge in [-0.2, -0.15) is 0 Å². The molecular formula is C15H33N3O. The summed E-state index contributed by atoms with van der Waals surface area (Å²) in [5.74, 6) is 0.0882. The second kappa shape index (κ2) is 9.32. The summed E-state index contributed by atoms with van der Waals surface area (Å²) in [4.78, 5) is 14.1. The fraction of sp³-hybridized carbons (Fsp3) is 0.933. The van der Waals surface area contributed by atoms with Gasteiger partial charge in [0.25, 0.3) is 0 Å². The van der Waals surface area contributed by atoms with Crippen LogP contribution in [0.3, 0.4) is 0 Å². The smallest absolute Gasteiger partial charge is 0.234 e. The minimum atomic E-state index is -0.0106. The molecule has 0 bridgehead atoms. The molecule has 4 nitrogen and oxygen atoms in total. The predicted octanol–water partition coefficient (Wildman–Crippen LogP) is 2.00. The fourth-order valence-electron chi connectivity index (χ4n) is 1.90. The van der Waals surface area contributed by atoms with Crippen molar-refractivity contribution in [1.29, 1.82) is 0 Å². The van der Waals surface area contributed by atoms with Gasteiger partial charge in [-0.15, -0.1) is 0 Å². The zero-order chi connectivity index (χ0) is 14.9. The van der Waals surface area contributed by atoms with E-state index in [1.807, 2.05) is 0 Å². The molecule has 0 rings (SSSR count). The van der Waals surface area contributed by atoms with Crippen LogP contribution in [0.25, 0.3) is 0 Å². The number of nitrogens with zero attached hydrogens (tertiary/aromatic N) is 1. The topological polar surface area (TPSA) is 44.4 Å². The molecule has 0 aliphatic carbocycles. The first kappa shape index (κ1) is 18.4. The number of amides is 1. The molecule has 0 saturated heterocycles. The van der Waals surface area contributed by atoms with Gasteiger partial charge >= 0.3 is 0 Å². The molecule has 114 valence electrons. The van der Waals surface area contributed by atoms with Crippen LogP contribution in [0.4, 0.5) is 0 Å². The van der Waals surface area contributed by atoms with E-state index in [4.69, 9.17) is 0 Å². The Labute approximate surface area is 119 Å². The number of carbonyl (C=O) groups is 1. The highest BCUT2D eigenvalue weighted by Gasteiger charge is 2.12. The van der Waals surface area contributed by atoms with Gasteiger partial charge in [0.05, 0.1) is 6.54 Å². The third-order valence-electron chi connectivity index (χ3n) is 3.19. The van der Waals surface area contributed by atoms with Crippen molar-refractivity contribution in [2.24, 2.45) is 0 Å². The van der Waals surface area contributed by atoms with Crippen LogP contribution in [0.1, 0.15) is 54.4 Å². The van der Waals surface area contributed by atoms with E-state index in [0.29, 0.717) is 6.54 Å². The maximum Gasteiger partial charge on any atom is 0.234 e. The average Bonchev–Trinajstić information content (AvgIpc) is 2.31. The third-order valence-corrected chi connectivity index (χ3v) is 3.19. The second-order valence-electron chi connectivity index (χ2n) is 6.24. The van der Waals surface area contributed by atoms with Gasteiger partial charge in [-0.25, -0.2) is 0 Å². The van der Waals surface area contributed by atoms with Crippen molar-refractivity contribution in [1.82, 2.24) is 15.5 Å². The summed E-state index contributed by atoms with van der Waals surface area (Å²) in [6, 6.07) is 0.254. The number of hydrogen-bond donors (Lipinski definition) is 2. The lowest BCUT2D eigenvalue weighted by Crippen LogP contribution is -2.45. The molecule has 0 aliphatic heterocycles. The summed E-state index contributed by atoms with van der Waals surface area (Å²) in [6.07, 6.45) is 2.17. The van der Waals surface area contributed by atoms with Crippen LogP contribution in [-0.2, 0) is 4.79 Å². The van der Waals surface area contributed by atoms with Gasteiger partial charge in [0.1, 0.15) is 0 Å². The van der Waals surface area contributed by atoms with Crippen molar-refractivity contribution in [2.45, 2.75) is 66.0 Å². The van der Waals surface area contributed by atoms with Gasteiger partial charge in [-0.05, 0) is 60.2 Å². The van der Waals surface area contributed by atoms with E-state index in [2.05, 4.69) is 57.1 Å². The molecular weight excluding hydrogens is 238 g/mol. The van der Waals surface area contributed by atoms with E-state index in [1.54, 1.807) is 0 Å². The Balaban J connectivity index is 3.73. The number of carbonyl (C=O) groups excluding carboxylic acids is 1. The Bertz CT molecular complexity index is 244. The van der Waals surface area contributed by atoms with Crippen molar-refractivity contribution in [3.05, 3.63) is 0 Å². The largest absolute Gasteiger partial charge is 0.353 e. The first-order valence-electron chi connectivity index (χ1n) is 7.55. The number of rotatable bonds is 9. The quantitative estimate of drug-likeness (QED) is 0.674. The van der Waals surface area contributed by atoms with E-state index in [0.717, 1.165) is 32.5 Å². The van der Waals surface area contributed by atoms with Crippen LogP contribution in [0, 0.1) is 0 Å². The normalized spacial score (nSPS) is 13.6. The highest BCUT2D eigenvalue weighted by molar-refractivity contribution is 5.78. The Morgan fingerprint density at radius 3 is 2.26 bits per heavy atom. The maximum absolute atomic E-state index is 11.7. The maximum atomic E-state index is 11.7. The lowest BCUT2D eigenvalue weighted by Gasteiger charge is -2.22. The van der Waals surface area contributed by atoms with Crippen molar-refractivity contribution in [2.75, 3.05) is 26.2 Å². The van der Waals surface area contributed by atoms with Gasteiger partial charge in [0.2, 0.25) is 5.91 Å². The van der Waals surface area contributed by atoms with Gasteiger partial charge < -0.3 is 15.5 Å². The first-order valence-corrected chi connectivity index (χ1v) is 7.55. The molecule has 0 spiro atoms. The van der Waals surface area contributed by atoms with E-state index in [9.17, 15) is 4.79 Å². The summed E-state index contributed by atoms with van der Waals surface area (Å²) < 4.78 is 0. The van der Waals surface area contributed by atoms with E-state index in [-0.39, 0.29) is 17.5 Å². The zero-order valence-corrected chi connectivity index (χ0v) is 13.7. The zero-order valence-electron chi connectivity index (χ0n) is 13.7. The molecule has 0 heterocycles. The molecule has 0 radical (unpaired) electrons. The summed E-state index contributed by atoms with van der Waals surface area (Å²) in [6.45, 7) is 16.4. The predicted molar refractivity (Wildman–Crippen MR) is 82.4 cm³/mol. The lowest BCUT2D eigenvalue weighted by molar-refractivity contribution is -0.121. The number of hydrogen-bond acceptors (Lipinski definition) is 3. The summed E-state index contributed by atoms with van der Waals surface area (Å²) >= 11 is 0. The van der Waals surface area contributed by atoms with E-state index >= 15 is 0 Å². The molecule has 0 aromatic carbocycles. The molecule has 0 fully saturated rings. The SMILES string of the molecule is CCN(CC)CCCC(C)NC(=O)CNC(C)(C)C. The molecule has 0 aromatic heterocycles. The molecule has 0 saturated carbocycles. The summed E-state index contributed by atoms with van der Waals surface area (Å²) in [7, 11) is 0. The van der Waals surface area contributed by atoms with Crippen molar-refractivity contribution in [3.63, 3.8) is 0 Å². The van der Waals surface area contributed by atoms with Gasteiger partial charge in [-0.1, -0.05) is 13.8 Å². The van der Waals surface area contributed by atoms with Crippen molar-refractivity contribution >= 4 is 5.91 Å². The first-order chi connectivity index (χ1) is 8.78. The second-order valence-corrected chi connectivity index (χ2v) is 6.24. The third kappa shape index (κ3) is 11.0. The monoisotopic (exact) mass is 271 g/mol. The molecule has 1 amide bonds. The van der Waals surface area contributed by atoms with Gasteiger partial charge in [0, 0.05) is 11.6 Å². The fourth-order valence-corrected chi connectivity index (χ4v) is 1.90. The molecule has 19 heavy (non-hydrogen) atoms. The minimum Gasteiger partial charge on any atom is -0.353 e. The molecule has 2 N–H and O–H groups in total. The Morgan fingerprint density at radius 2 is 1.79 bits per heavy atom. The molecule has 1 atom stereocenters. The van der Waals surface area contributed by atoms with Crippen LogP contribution in [-0.4, -0.2) is 48.6 Å². The van der Waals surface area contributed by atoms with Crippen molar-refractivity contribution in [3.8, 4) is 0 Å². The summed E-state index contributed by atoms with van der Waals surface area (Å²) in [5, 5.41) is 6.24. The average molecular weight is 271 g/mol. The molecule has 0 aliphatic rings. The van der Waals surface area contributed by atoms with Crippen molar-refractivity contribution < 1.29 is 4.79 Å². The van der Waals surface area contributed by atoms with E-state index in [1.165, 1.54) is 0 Å². The van der Waals surface area contributed by atoms with Crippen LogP contribution in [0.2, 0.25) is 0 Å². The molecule has 0 aromatic rings. The molecule has 1 unspecified atom stereocenters. The lowest BCUT2D eigenvalue weighted by atomic mass is 10.1. The minimum absolute atomic E-state index is 0.0106. The van der Waals surface area contributed by atoms with Crippen LogP contribution in [0.15, 0.2) is 0 Å². The van der Waals surface area contributed by atoms with Gasteiger partial charge in [0.15, 0.2) is 0 Å². The number of nitrogens with one attached hydrogen (secondary N) is 2. The standard InChI is InChI=1S/C15H33N3O/c1-7-18(8-2)11-9-10-13(3)17-14(19)12-16-15(4,5)6/h13,16H,7-12H2,1-6H3,(H,17,19). The highest BCUT2D eigenvalue weighted by Crippen LogP contribution is 2.00. The van der Waals surface area contributed by atoms with E-state index < -0.39 is 0 Å².